The number of hydrogen-bond donors (Lipinski definition) is 0. The molecule has 2 heterocycles. The van der Waals surface area contributed by atoms with E-state index in [-0.39, 0.29) is 10.6 Å². The van der Waals surface area contributed by atoms with Gasteiger partial charge >= 0.3 is 0 Å². The number of nitrogens with zero attached hydrogens (tertiary/aromatic N) is 3. The van der Waals surface area contributed by atoms with Crippen LogP contribution in [0.5, 0.6) is 0 Å². The highest BCUT2D eigenvalue weighted by molar-refractivity contribution is 5.34. The standard InChI is InChI=1S/C15H21N3O2/c1-16-7-6-15-13(11-16)5-8-17(15)10-12-3-2-4-14(9-12)18(19)20/h2-4,9,13,15H,5-8,10-11H2,1H3. The topological polar surface area (TPSA) is 49.6 Å². The van der Waals surface area contributed by atoms with Gasteiger partial charge in [-0.1, -0.05) is 12.1 Å². The molecule has 108 valence electrons. The number of non-ortho nitro benzene ring substituents is 1. The monoisotopic (exact) mass is 275 g/mol. The van der Waals surface area contributed by atoms with Crippen LogP contribution < -0.4 is 0 Å². The Kier molecular flexibility index (Phi) is 3.72. The summed E-state index contributed by atoms with van der Waals surface area (Å²) in [5.41, 5.74) is 1.25. The van der Waals surface area contributed by atoms with E-state index in [0.29, 0.717) is 6.04 Å². The van der Waals surface area contributed by atoms with Crippen LogP contribution in [0.15, 0.2) is 24.3 Å². The van der Waals surface area contributed by atoms with Crippen LogP contribution in [-0.4, -0.2) is 47.4 Å². The Hall–Kier alpha value is -1.46. The third-order valence-corrected chi connectivity index (χ3v) is 4.66. The molecule has 0 aliphatic carbocycles. The largest absolute Gasteiger partial charge is 0.306 e. The maximum atomic E-state index is 10.8. The van der Waals surface area contributed by atoms with Gasteiger partial charge in [-0.2, -0.15) is 0 Å². The molecule has 2 aliphatic heterocycles. The summed E-state index contributed by atoms with van der Waals surface area (Å²) in [5.74, 6) is 0.771. The molecule has 1 aromatic rings. The number of fused-ring (bicyclic) bond motifs is 1. The molecule has 2 aliphatic rings. The first kappa shape index (κ1) is 13.5. The molecule has 3 rings (SSSR count). The highest BCUT2D eigenvalue weighted by Gasteiger charge is 2.37. The Labute approximate surface area is 119 Å². The molecule has 2 saturated heterocycles. The Bertz CT molecular complexity index is 506. The molecule has 5 nitrogen and oxygen atoms in total. The molecule has 0 radical (unpaired) electrons. The molecule has 2 atom stereocenters. The zero-order valence-corrected chi connectivity index (χ0v) is 11.9. The van der Waals surface area contributed by atoms with Crippen molar-refractivity contribution in [2.24, 2.45) is 5.92 Å². The van der Waals surface area contributed by atoms with Crippen LogP contribution in [0.2, 0.25) is 0 Å². The van der Waals surface area contributed by atoms with Gasteiger partial charge in [0.25, 0.3) is 5.69 Å². The van der Waals surface area contributed by atoms with E-state index in [9.17, 15) is 10.1 Å². The number of likely N-dealkylation sites (tertiary alicyclic amines) is 2. The lowest BCUT2D eigenvalue weighted by molar-refractivity contribution is -0.384. The SMILES string of the molecule is CN1CCC2C(CCN2Cc2cccc([N+](=O)[O-])c2)C1. The molecule has 0 bridgehead atoms. The molecule has 0 amide bonds. The zero-order chi connectivity index (χ0) is 14.1. The third kappa shape index (κ3) is 2.69. The lowest BCUT2D eigenvalue weighted by atomic mass is 9.93. The molecule has 0 aromatic heterocycles. The van der Waals surface area contributed by atoms with Gasteiger partial charge in [0.05, 0.1) is 4.92 Å². The van der Waals surface area contributed by atoms with E-state index in [0.717, 1.165) is 31.1 Å². The molecule has 0 spiro atoms. The third-order valence-electron chi connectivity index (χ3n) is 4.66. The molecular formula is C15H21N3O2. The van der Waals surface area contributed by atoms with E-state index >= 15 is 0 Å². The van der Waals surface area contributed by atoms with Crippen LogP contribution in [0.4, 0.5) is 5.69 Å². The Balaban J connectivity index is 1.69. The molecule has 0 saturated carbocycles. The number of nitro benzene ring substituents is 1. The van der Waals surface area contributed by atoms with Crippen molar-refractivity contribution in [2.45, 2.75) is 25.4 Å². The quantitative estimate of drug-likeness (QED) is 0.626. The number of rotatable bonds is 3. The molecule has 2 fully saturated rings. The second-order valence-corrected chi connectivity index (χ2v) is 6.06. The summed E-state index contributed by atoms with van der Waals surface area (Å²) < 4.78 is 0. The van der Waals surface area contributed by atoms with Gasteiger partial charge in [0.15, 0.2) is 0 Å². The van der Waals surface area contributed by atoms with E-state index in [2.05, 4.69) is 16.8 Å². The van der Waals surface area contributed by atoms with Crippen molar-refractivity contribution in [1.82, 2.24) is 9.80 Å². The van der Waals surface area contributed by atoms with Gasteiger partial charge in [-0.05, 0) is 44.5 Å². The first-order valence-electron chi connectivity index (χ1n) is 7.29. The smallest absolute Gasteiger partial charge is 0.269 e. The summed E-state index contributed by atoms with van der Waals surface area (Å²) in [7, 11) is 2.19. The minimum absolute atomic E-state index is 0.196. The fourth-order valence-electron chi connectivity index (χ4n) is 3.66. The number of benzene rings is 1. The Morgan fingerprint density at radius 2 is 2.20 bits per heavy atom. The van der Waals surface area contributed by atoms with Crippen molar-refractivity contribution in [1.29, 1.82) is 0 Å². The summed E-state index contributed by atoms with van der Waals surface area (Å²) in [6.07, 6.45) is 2.47. The average molecular weight is 275 g/mol. The highest BCUT2D eigenvalue weighted by atomic mass is 16.6. The van der Waals surface area contributed by atoms with Crippen molar-refractivity contribution in [3.05, 3.63) is 39.9 Å². The second-order valence-electron chi connectivity index (χ2n) is 6.06. The summed E-state index contributed by atoms with van der Waals surface area (Å²) in [6.45, 7) is 4.31. The van der Waals surface area contributed by atoms with Crippen LogP contribution in [0.1, 0.15) is 18.4 Å². The Morgan fingerprint density at radius 3 is 3.00 bits per heavy atom. The number of nitro groups is 1. The highest BCUT2D eigenvalue weighted by Crippen LogP contribution is 2.32. The summed E-state index contributed by atoms with van der Waals surface area (Å²) in [6, 6.07) is 7.71. The van der Waals surface area contributed by atoms with Gasteiger partial charge in [0.2, 0.25) is 0 Å². The van der Waals surface area contributed by atoms with Gasteiger partial charge in [-0.25, -0.2) is 0 Å². The van der Waals surface area contributed by atoms with Gasteiger partial charge in [0, 0.05) is 31.3 Å². The van der Waals surface area contributed by atoms with Crippen LogP contribution in [0.25, 0.3) is 0 Å². The first-order chi connectivity index (χ1) is 9.63. The first-order valence-corrected chi connectivity index (χ1v) is 7.29. The summed E-state index contributed by atoms with van der Waals surface area (Å²) in [4.78, 5) is 15.5. The van der Waals surface area contributed by atoms with Gasteiger partial charge < -0.3 is 4.90 Å². The predicted octanol–water partition coefficient (Wildman–Crippen LogP) is 2.12. The minimum Gasteiger partial charge on any atom is -0.306 e. The predicted molar refractivity (Wildman–Crippen MR) is 77.5 cm³/mol. The lowest BCUT2D eigenvalue weighted by Crippen LogP contribution is -2.44. The summed E-state index contributed by atoms with van der Waals surface area (Å²) in [5, 5.41) is 10.8. The van der Waals surface area contributed by atoms with Crippen molar-refractivity contribution < 1.29 is 4.92 Å². The average Bonchev–Trinajstić information content (AvgIpc) is 2.81. The number of hydrogen-bond acceptors (Lipinski definition) is 4. The fourth-order valence-corrected chi connectivity index (χ4v) is 3.66. The van der Waals surface area contributed by atoms with Gasteiger partial charge in [-0.15, -0.1) is 0 Å². The normalized spacial score (nSPS) is 27.4. The van der Waals surface area contributed by atoms with Gasteiger partial charge in [-0.3, -0.25) is 15.0 Å². The van der Waals surface area contributed by atoms with E-state index in [1.807, 2.05) is 6.07 Å². The molecule has 2 unspecified atom stereocenters. The second kappa shape index (κ2) is 5.50. The molecule has 0 N–H and O–H groups in total. The number of piperidine rings is 1. The Morgan fingerprint density at radius 1 is 1.35 bits per heavy atom. The molecule has 5 heteroatoms. The molecule has 1 aromatic carbocycles. The van der Waals surface area contributed by atoms with Crippen molar-refractivity contribution in [2.75, 3.05) is 26.7 Å². The van der Waals surface area contributed by atoms with Gasteiger partial charge in [0.1, 0.15) is 0 Å². The maximum Gasteiger partial charge on any atom is 0.269 e. The summed E-state index contributed by atoms with van der Waals surface area (Å²) >= 11 is 0. The van der Waals surface area contributed by atoms with Crippen LogP contribution >= 0.6 is 0 Å². The van der Waals surface area contributed by atoms with Crippen molar-refractivity contribution >= 4 is 5.69 Å². The van der Waals surface area contributed by atoms with Crippen LogP contribution in [0, 0.1) is 16.0 Å². The zero-order valence-electron chi connectivity index (χ0n) is 11.9. The van der Waals surface area contributed by atoms with Crippen molar-refractivity contribution in [3.63, 3.8) is 0 Å². The fraction of sp³-hybridized carbons (Fsp3) is 0.600. The molecular weight excluding hydrogens is 254 g/mol. The van der Waals surface area contributed by atoms with E-state index in [1.54, 1.807) is 18.2 Å². The van der Waals surface area contributed by atoms with Crippen molar-refractivity contribution in [3.8, 4) is 0 Å². The van der Waals surface area contributed by atoms with E-state index in [4.69, 9.17) is 0 Å². The maximum absolute atomic E-state index is 10.8. The lowest BCUT2D eigenvalue weighted by Gasteiger charge is -2.36. The van der Waals surface area contributed by atoms with Crippen LogP contribution in [-0.2, 0) is 6.54 Å². The van der Waals surface area contributed by atoms with E-state index < -0.39 is 0 Å². The van der Waals surface area contributed by atoms with Crippen LogP contribution in [0.3, 0.4) is 0 Å². The molecule has 20 heavy (non-hydrogen) atoms. The van der Waals surface area contributed by atoms with E-state index in [1.165, 1.54) is 19.4 Å². The minimum atomic E-state index is -0.314.